The molecule has 1 heterocycles. The van der Waals surface area contributed by atoms with E-state index in [0.717, 1.165) is 5.56 Å². The van der Waals surface area contributed by atoms with Crippen LogP contribution in [0.1, 0.15) is 11.1 Å². The van der Waals surface area contributed by atoms with Crippen molar-refractivity contribution in [1.29, 1.82) is 0 Å². The van der Waals surface area contributed by atoms with Crippen molar-refractivity contribution in [3.63, 3.8) is 0 Å². The molecule has 0 fully saturated rings. The zero-order valence-corrected chi connectivity index (χ0v) is 13.9. The molecule has 3 rings (SSSR count). The third-order valence-electron chi connectivity index (χ3n) is 3.29. The minimum Gasteiger partial charge on any atom is -0.488 e. The second kappa shape index (κ2) is 7.51. The molecule has 0 aliphatic carbocycles. The van der Waals surface area contributed by atoms with Gasteiger partial charge in [-0.2, -0.15) is 0 Å². The van der Waals surface area contributed by atoms with Gasteiger partial charge in [-0.15, -0.1) is 10.2 Å². The maximum Gasteiger partial charge on any atom is 0.138 e. The first kappa shape index (κ1) is 16.5. The van der Waals surface area contributed by atoms with Gasteiger partial charge in [0, 0.05) is 16.1 Å². The molecule has 3 aromatic rings. The van der Waals surface area contributed by atoms with Crippen LogP contribution in [0, 0.1) is 5.82 Å². The van der Waals surface area contributed by atoms with Crippen LogP contribution in [0.25, 0.3) is 0 Å². The highest BCUT2D eigenvalue weighted by molar-refractivity contribution is 6.31. The molecule has 0 aliphatic rings. The molecule has 0 spiro atoms. The number of rotatable bonds is 6. The van der Waals surface area contributed by atoms with Gasteiger partial charge in [-0.3, -0.25) is 0 Å². The van der Waals surface area contributed by atoms with Gasteiger partial charge in [-0.1, -0.05) is 29.3 Å². The highest BCUT2D eigenvalue weighted by Gasteiger charge is 2.08. The lowest BCUT2D eigenvalue weighted by atomic mass is 10.2. The van der Waals surface area contributed by atoms with Crippen molar-refractivity contribution in [3.8, 4) is 5.75 Å². The fourth-order valence-electron chi connectivity index (χ4n) is 2.08. The molecular formula is C16H13Cl2FN4O. The molecule has 0 atom stereocenters. The molecule has 1 N–H and O–H groups in total. The van der Waals surface area contributed by atoms with E-state index in [9.17, 15) is 4.39 Å². The van der Waals surface area contributed by atoms with Gasteiger partial charge in [0.25, 0.3) is 0 Å². The zero-order chi connectivity index (χ0) is 16.9. The molecule has 0 radical (unpaired) electrons. The summed E-state index contributed by atoms with van der Waals surface area (Å²) < 4.78 is 20.5. The van der Waals surface area contributed by atoms with E-state index in [1.165, 1.54) is 12.1 Å². The van der Waals surface area contributed by atoms with Crippen LogP contribution in [0.2, 0.25) is 10.0 Å². The first-order valence-electron chi connectivity index (χ1n) is 7.05. The average molecular weight is 367 g/mol. The maximum absolute atomic E-state index is 13.1. The summed E-state index contributed by atoms with van der Waals surface area (Å²) in [7, 11) is 0. The van der Waals surface area contributed by atoms with Crippen molar-refractivity contribution >= 4 is 23.2 Å². The first-order chi connectivity index (χ1) is 11.6. The third kappa shape index (κ3) is 4.15. The summed E-state index contributed by atoms with van der Waals surface area (Å²) in [5, 5.41) is 8.36. The molecule has 0 bridgehead atoms. The average Bonchev–Trinajstić information content (AvgIpc) is 3.07. The van der Waals surface area contributed by atoms with E-state index in [2.05, 4.69) is 15.6 Å². The quantitative estimate of drug-likeness (QED) is 0.714. The molecule has 1 aromatic heterocycles. The Morgan fingerprint density at radius 1 is 1.04 bits per heavy atom. The molecule has 0 saturated carbocycles. The summed E-state index contributed by atoms with van der Waals surface area (Å²) in [6.45, 7) is 0.686. The van der Waals surface area contributed by atoms with Crippen molar-refractivity contribution in [2.45, 2.75) is 13.2 Å². The van der Waals surface area contributed by atoms with Crippen LogP contribution < -0.4 is 10.2 Å². The van der Waals surface area contributed by atoms with E-state index in [1.807, 2.05) is 0 Å². The Bertz CT molecular complexity index is 827. The van der Waals surface area contributed by atoms with Gasteiger partial charge in [-0.25, -0.2) is 9.07 Å². The minimum atomic E-state index is -0.380. The summed E-state index contributed by atoms with van der Waals surface area (Å²) in [4.78, 5) is 0. The fraction of sp³-hybridized carbons (Fsp3) is 0.125. The predicted octanol–water partition coefficient (Wildman–Crippen LogP) is 4.05. The lowest BCUT2D eigenvalue weighted by molar-refractivity contribution is 0.303. The summed E-state index contributed by atoms with van der Waals surface area (Å²) >= 11 is 12.1. The molecule has 8 heteroatoms. The predicted molar refractivity (Wildman–Crippen MR) is 90.3 cm³/mol. The second-order valence-corrected chi connectivity index (χ2v) is 5.82. The number of benzene rings is 2. The van der Waals surface area contributed by atoms with E-state index < -0.39 is 0 Å². The Labute approximate surface area is 148 Å². The van der Waals surface area contributed by atoms with Crippen molar-refractivity contribution < 1.29 is 9.13 Å². The normalized spacial score (nSPS) is 10.6. The van der Waals surface area contributed by atoms with Crippen LogP contribution >= 0.6 is 23.2 Å². The number of nitrogens with one attached hydrogen (secondary N) is 1. The molecule has 0 aliphatic heterocycles. The van der Waals surface area contributed by atoms with Gasteiger partial charge in [0.2, 0.25) is 0 Å². The highest BCUT2D eigenvalue weighted by Crippen LogP contribution is 2.25. The Kier molecular flexibility index (Phi) is 5.17. The van der Waals surface area contributed by atoms with E-state index in [1.54, 1.807) is 41.6 Å². The lowest BCUT2D eigenvalue weighted by Crippen LogP contribution is -2.13. The van der Waals surface area contributed by atoms with Crippen LogP contribution in [-0.4, -0.2) is 14.9 Å². The topological polar surface area (TPSA) is 52.0 Å². The zero-order valence-electron chi connectivity index (χ0n) is 12.4. The Morgan fingerprint density at radius 3 is 2.58 bits per heavy atom. The van der Waals surface area contributed by atoms with Crippen molar-refractivity contribution in [2.24, 2.45) is 0 Å². The van der Waals surface area contributed by atoms with Crippen molar-refractivity contribution in [3.05, 3.63) is 76.0 Å². The largest absolute Gasteiger partial charge is 0.488 e. The Morgan fingerprint density at radius 2 is 1.83 bits per heavy atom. The van der Waals surface area contributed by atoms with Gasteiger partial charge in [0.05, 0.1) is 11.6 Å². The SMILES string of the molecule is Fc1ccc(COc2ccc(Cl)cc2CNn2cnnc2)c(Cl)c1. The summed E-state index contributed by atoms with van der Waals surface area (Å²) in [5.74, 6) is 0.273. The van der Waals surface area contributed by atoms with Gasteiger partial charge >= 0.3 is 0 Å². The lowest BCUT2D eigenvalue weighted by Gasteiger charge is -2.14. The van der Waals surface area contributed by atoms with E-state index in [-0.39, 0.29) is 12.4 Å². The van der Waals surface area contributed by atoms with Gasteiger partial charge in [0.15, 0.2) is 0 Å². The molecule has 0 unspecified atom stereocenters. The molecule has 0 saturated heterocycles. The van der Waals surface area contributed by atoms with Crippen LogP contribution in [0.4, 0.5) is 4.39 Å². The molecular weight excluding hydrogens is 354 g/mol. The molecule has 5 nitrogen and oxygen atoms in total. The standard InChI is InChI=1S/C16H13Cl2FN4O/c17-13-2-4-16(12(5-13)7-22-23-9-20-21-10-23)24-8-11-1-3-14(19)6-15(11)18/h1-6,9-10,22H,7-8H2. The fourth-order valence-corrected chi connectivity index (χ4v) is 2.50. The summed E-state index contributed by atoms with van der Waals surface area (Å²) in [5.41, 5.74) is 4.66. The molecule has 2 aromatic carbocycles. The molecule has 24 heavy (non-hydrogen) atoms. The van der Waals surface area contributed by atoms with Gasteiger partial charge < -0.3 is 10.2 Å². The Hall–Kier alpha value is -2.31. The first-order valence-corrected chi connectivity index (χ1v) is 7.81. The van der Waals surface area contributed by atoms with E-state index >= 15 is 0 Å². The third-order valence-corrected chi connectivity index (χ3v) is 3.88. The van der Waals surface area contributed by atoms with Crippen LogP contribution in [0.15, 0.2) is 49.1 Å². The summed E-state index contributed by atoms with van der Waals surface area (Å²) in [6, 6.07) is 9.54. The molecule has 124 valence electrons. The van der Waals surface area contributed by atoms with E-state index in [4.69, 9.17) is 27.9 Å². The second-order valence-electron chi connectivity index (χ2n) is 4.98. The monoisotopic (exact) mass is 366 g/mol. The number of aromatic nitrogens is 3. The van der Waals surface area contributed by atoms with Crippen LogP contribution in [0.5, 0.6) is 5.75 Å². The van der Waals surface area contributed by atoms with Gasteiger partial charge in [-0.05, 0) is 30.3 Å². The van der Waals surface area contributed by atoms with Crippen LogP contribution in [0.3, 0.4) is 0 Å². The van der Waals surface area contributed by atoms with E-state index in [0.29, 0.717) is 27.9 Å². The Balaban J connectivity index is 1.72. The highest BCUT2D eigenvalue weighted by atomic mass is 35.5. The van der Waals surface area contributed by atoms with Crippen LogP contribution in [-0.2, 0) is 13.2 Å². The number of hydrogen-bond donors (Lipinski definition) is 1. The van der Waals surface area contributed by atoms with Crippen molar-refractivity contribution in [1.82, 2.24) is 14.9 Å². The number of nitrogens with zero attached hydrogens (tertiary/aromatic N) is 3. The number of ether oxygens (including phenoxy) is 1. The molecule has 0 amide bonds. The number of hydrogen-bond acceptors (Lipinski definition) is 4. The smallest absolute Gasteiger partial charge is 0.138 e. The number of halogens is 3. The summed E-state index contributed by atoms with van der Waals surface area (Å²) in [6.07, 6.45) is 3.09. The minimum absolute atomic E-state index is 0.223. The van der Waals surface area contributed by atoms with Crippen molar-refractivity contribution in [2.75, 3.05) is 5.43 Å². The maximum atomic E-state index is 13.1. The van der Waals surface area contributed by atoms with Gasteiger partial charge in [0.1, 0.15) is 30.8 Å².